The summed E-state index contributed by atoms with van der Waals surface area (Å²) in [5.41, 5.74) is 0.288. The Kier molecular flexibility index (Phi) is 4.45. The Morgan fingerprint density at radius 1 is 1.56 bits per heavy atom. The first-order chi connectivity index (χ1) is 8.49. The van der Waals surface area contributed by atoms with Gasteiger partial charge in [0.2, 0.25) is 0 Å². The van der Waals surface area contributed by atoms with Crippen LogP contribution >= 0.6 is 34.2 Å². The predicted molar refractivity (Wildman–Crippen MR) is 75.3 cm³/mol. The molecule has 1 aromatic rings. The SMILES string of the molecule is O=C(c1cc(I)c(F)cc1Cl)N1CCCC(O)C1. The van der Waals surface area contributed by atoms with Crippen molar-refractivity contribution >= 4 is 40.1 Å². The molecule has 1 aliphatic rings. The molecule has 1 aromatic carbocycles. The second-order valence-corrected chi connectivity index (χ2v) is 5.86. The lowest BCUT2D eigenvalue weighted by atomic mass is 10.1. The van der Waals surface area contributed by atoms with Gasteiger partial charge < -0.3 is 10.0 Å². The summed E-state index contributed by atoms with van der Waals surface area (Å²) < 4.78 is 13.6. The van der Waals surface area contributed by atoms with Crippen molar-refractivity contribution in [2.45, 2.75) is 18.9 Å². The van der Waals surface area contributed by atoms with E-state index in [9.17, 15) is 14.3 Å². The molecule has 1 aliphatic heterocycles. The summed E-state index contributed by atoms with van der Waals surface area (Å²) >= 11 is 7.72. The first-order valence-electron chi connectivity index (χ1n) is 5.61. The van der Waals surface area contributed by atoms with Crippen LogP contribution in [-0.4, -0.2) is 35.1 Å². The number of aliphatic hydroxyl groups is 1. The van der Waals surface area contributed by atoms with Gasteiger partial charge in [-0.25, -0.2) is 4.39 Å². The molecule has 18 heavy (non-hydrogen) atoms. The molecule has 1 N–H and O–H groups in total. The Morgan fingerprint density at radius 2 is 2.28 bits per heavy atom. The van der Waals surface area contributed by atoms with Gasteiger partial charge in [-0.15, -0.1) is 0 Å². The van der Waals surface area contributed by atoms with Crippen LogP contribution in [0.5, 0.6) is 0 Å². The van der Waals surface area contributed by atoms with E-state index in [2.05, 4.69) is 0 Å². The highest BCUT2D eigenvalue weighted by Gasteiger charge is 2.25. The maximum absolute atomic E-state index is 13.3. The molecule has 0 radical (unpaired) electrons. The molecule has 1 saturated heterocycles. The van der Waals surface area contributed by atoms with Gasteiger partial charge in [-0.2, -0.15) is 0 Å². The van der Waals surface area contributed by atoms with Gasteiger partial charge in [0.15, 0.2) is 0 Å². The van der Waals surface area contributed by atoms with Crippen LogP contribution in [0.3, 0.4) is 0 Å². The van der Waals surface area contributed by atoms with Crippen molar-refractivity contribution in [3.05, 3.63) is 32.1 Å². The fourth-order valence-corrected chi connectivity index (χ4v) is 2.69. The van der Waals surface area contributed by atoms with E-state index >= 15 is 0 Å². The zero-order valence-corrected chi connectivity index (χ0v) is 12.4. The van der Waals surface area contributed by atoms with Crippen molar-refractivity contribution in [2.75, 3.05) is 13.1 Å². The highest BCUT2D eigenvalue weighted by molar-refractivity contribution is 14.1. The smallest absolute Gasteiger partial charge is 0.255 e. The Bertz CT molecular complexity index is 483. The molecule has 0 saturated carbocycles. The molecule has 98 valence electrons. The predicted octanol–water partition coefficient (Wildman–Crippen LogP) is 2.68. The molecule has 1 amide bonds. The minimum Gasteiger partial charge on any atom is -0.391 e. The lowest BCUT2D eigenvalue weighted by Gasteiger charge is -2.30. The highest BCUT2D eigenvalue weighted by atomic mass is 127. The number of rotatable bonds is 1. The van der Waals surface area contributed by atoms with Crippen molar-refractivity contribution in [1.29, 1.82) is 0 Å². The number of aliphatic hydroxyl groups excluding tert-OH is 1. The Balaban J connectivity index is 2.25. The number of likely N-dealkylation sites (tertiary alicyclic amines) is 1. The summed E-state index contributed by atoms with van der Waals surface area (Å²) in [7, 11) is 0. The quantitative estimate of drug-likeness (QED) is 0.598. The zero-order chi connectivity index (χ0) is 13.3. The van der Waals surface area contributed by atoms with Gasteiger partial charge in [0.05, 0.1) is 16.7 Å². The highest BCUT2D eigenvalue weighted by Crippen LogP contribution is 2.24. The lowest BCUT2D eigenvalue weighted by molar-refractivity contribution is 0.0474. The van der Waals surface area contributed by atoms with E-state index in [0.29, 0.717) is 23.1 Å². The average Bonchev–Trinajstić information content (AvgIpc) is 2.33. The number of hydrogen-bond donors (Lipinski definition) is 1. The largest absolute Gasteiger partial charge is 0.391 e. The molecule has 0 aliphatic carbocycles. The van der Waals surface area contributed by atoms with Crippen molar-refractivity contribution in [3.8, 4) is 0 Å². The van der Waals surface area contributed by atoms with Crippen molar-refractivity contribution in [3.63, 3.8) is 0 Å². The number of benzene rings is 1. The number of carbonyl (C=O) groups excluding carboxylic acids is 1. The lowest BCUT2D eigenvalue weighted by Crippen LogP contribution is -2.42. The Morgan fingerprint density at radius 3 is 2.94 bits per heavy atom. The third-order valence-corrected chi connectivity index (χ3v) is 4.06. The first kappa shape index (κ1) is 14.0. The van der Waals surface area contributed by atoms with Crippen molar-refractivity contribution in [2.24, 2.45) is 0 Å². The van der Waals surface area contributed by atoms with Crippen LogP contribution in [0.2, 0.25) is 5.02 Å². The van der Waals surface area contributed by atoms with Gasteiger partial charge in [0.25, 0.3) is 5.91 Å². The van der Waals surface area contributed by atoms with Gasteiger partial charge in [0, 0.05) is 16.7 Å². The number of piperidine rings is 1. The molecule has 1 fully saturated rings. The molecule has 0 spiro atoms. The van der Waals surface area contributed by atoms with Crippen LogP contribution in [0.25, 0.3) is 0 Å². The molecule has 1 heterocycles. The number of amides is 1. The molecule has 3 nitrogen and oxygen atoms in total. The van der Waals surface area contributed by atoms with Gasteiger partial charge >= 0.3 is 0 Å². The molecule has 1 atom stereocenters. The molecular formula is C12H12ClFINO2. The summed E-state index contributed by atoms with van der Waals surface area (Å²) in [6.45, 7) is 0.906. The fraction of sp³-hybridized carbons (Fsp3) is 0.417. The zero-order valence-electron chi connectivity index (χ0n) is 9.50. The maximum atomic E-state index is 13.3. The van der Waals surface area contributed by atoms with Gasteiger partial charge in [0.1, 0.15) is 5.82 Å². The van der Waals surface area contributed by atoms with Crippen molar-refractivity contribution in [1.82, 2.24) is 4.90 Å². The van der Waals surface area contributed by atoms with Crippen molar-refractivity contribution < 1.29 is 14.3 Å². The summed E-state index contributed by atoms with van der Waals surface area (Å²) in [6, 6.07) is 2.60. The monoisotopic (exact) mass is 383 g/mol. The van der Waals surface area contributed by atoms with Gasteiger partial charge in [-0.05, 0) is 47.6 Å². The number of halogens is 3. The minimum atomic E-state index is -0.485. The number of nitrogens with zero attached hydrogens (tertiary/aromatic N) is 1. The number of hydrogen-bond acceptors (Lipinski definition) is 2. The van der Waals surface area contributed by atoms with Crippen LogP contribution in [0.4, 0.5) is 4.39 Å². The standard InChI is InChI=1S/C12H12ClFINO2/c13-9-5-10(14)11(15)4-8(9)12(18)16-3-1-2-7(17)6-16/h4-5,7,17H,1-3,6H2. The number of β-amino-alcohol motifs (C(OH)–C–C–N with tert-alkyl or cyclic N) is 1. The third-order valence-electron chi connectivity index (χ3n) is 2.92. The summed E-state index contributed by atoms with van der Waals surface area (Å²) in [6.07, 6.45) is 0.988. The van der Waals surface area contributed by atoms with Crippen LogP contribution in [0, 0.1) is 9.39 Å². The summed E-state index contributed by atoms with van der Waals surface area (Å²) in [5.74, 6) is -0.688. The van der Waals surface area contributed by atoms with E-state index in [4.69, 9.17) is 11.6 Å². The van der Waals surface area contributed by atoms with Crippen LogP contribution in [-0.2, 0) is 0 Å². The third kappa shape index (κ3) is 2.95. The normalized spacial score (nSPS) is 20.0. The molecule has 2 rings (SSSR count). The Labute approximate surface area is 123 Å². The molecular weight excluding hydrogens is 371 g/mol. The first-order valence-corrected chi connectivity index (χ1v) is 7.06. The molecule has 6 heteroatoms. The van der Waals surface area contributed by atoms with Crippen LogP contribution < -0.4 is 0 Å². The fourth-order valence-electron chi connectivity index (χ4n) is 2.00. The maximum Gasteiger partial charge on any atom is 0.255 e. The molecule has 1 unspecified atom stereocenters. The van der Waals surface area contributed by atoms with E-state index in [-0.39, 0.29) is 16.5 Å². The number of carbonyl (C=O) groups is 1. The summed E-state index contributed by atoms with van der Waals surface area (Å²) in [4.78, 5) is 13.8. The topological polar surface area (TPSA) is 40.5 Å². The molecule has 0 bridgehead atoms. The van der Waals surface area contributed by atoms with Gasteiger partial charge in [-0.3, -0.25) is 4.79 Å². The summed E-state index contributed by atoms with van der Waals surface area (Å²) in [5, 5.41) is 9.66. The van der Waals surface area contributed by atoms with Crippen LogP contribution in [0.1, 0.15) is 23.2 Å². The van der Waals surface area contributed by atoms with E-state index in [0.717, 1.165) is 12.5 Å². The minimum absolute atomic E-state index is 0.109. The van der Waals surface area contributed by atoms with E-state index in [1.807, 2.05) is 22.6 Å². The van der Waals surface area contributed by atoms with Crippen LogP contribution in [0.15, 0.2) is 12.1 Å². The Hall–Kier alpha value is -0.400. The van der Waals surface area contributed by atoms with E-state index in [1.165, 1.54) is 6.07 Å². The van der Waals surface area contributed by atoms with E-state index in [1.54, 1.807) is 4.90 Å². The molecule has 0 aromatic heterocycles. The van der Waals surface area contributed by atoms with E-state index < -0.39 is 11.9 Å². The second kappa shape index (κ2) is 5.71. The average molecular weight is 384 g/mol. The van der Waals surface area contributed by atoms with Gasteiger partial charge in [-0.1, -0.05) is 11.6 Å². The second-order valence-electron chi connectivity index (χ2n) is 4.29.